The number of rotatable bonds is 3. The summed E-state index contributed by atoms with van der Waals surface area (Å²) >= 11 is 1.61. The molecule has 0 atom stereocenters. The summed E-state index contributed by atoms with van der Waals surface area (Å²) in [5.74, 6) is -0.0420. The van der Waals surface area contributed by atoms with Gasteiger partial charge < -0.3 is 15.5 Å². The van der Waals surface area contributed by atoms with E-state index in [1.54, 1.807) is 24.2 Å². The minimum absolute atomic E-state index is 0.250. The van der Waals surface area contributed by atoms with Crippen LogP contribution in [0.15, 0.2) is 52.2 Å². The zero-order chi connectivity index (χ0) is 19.2. The van der Waals surface area contributed by atoms with Crippen LogP contribution < -0.4 is 5.32 Å². The summed E-state index contributed by atoms with van der Waals surface area (Å²) in [4.78, 5) is 31.4. The molecule has 2 aromatic rings. The third-order valence-electron chi connectivity index (χ3n) is 4.08. The molecule has 0 spiro atoms. The van der Waals surface area contributed by atoms with E-state index >= 15 is 0 Å². The van der Waals surface area contributed by atoms with Gasteiger partial charge in [0.2, 0.25) is 0 Å². The predicted octanol–water partition coefficient (Wildman–Crippen LogP) is 2.60. The number of aliphatic carboxylic acids is 1. The van der Waals surface area contributed by atoms with Crippen molar-refractivity contribution >= 4 is 35.7 Å². The van der Waals surface area contributed by atoms with Crippen molar-refractivity contribution in [2.45, 2.75) is 22.9 Å². The number of nitrogens with zero attached hydrogens (tertiary/aromatic N) is 3. The average molecular weight is 386 g/mol. The summed E-state index contributed by atoms with van der Waals surface area (Å²) in [7, 11) is 0. The number of hydrogen-bond donors (Lipinski definition) is 3. The molecule has 2 aliphatic rings. The normalized spacial score (nSPS) is 15.2. The molecule has 2 aliphatic heterocycles. The molecule has 0 bridgehead atoms. The fraction of sp³-hybridized carbons (Fsp3) is 0.222. The summed E-state index contributed by atoms with van der Waals surface area (Å²) in [5, 5.41) is 20.2. The Morgan fingerprint density at radius 2 is 2.11 bits per heavy atom. The minimum atomic E-state index is -0.821. The Kier molecular flexibility index (Phi) is 6.05. The van der Waals surface area contributed by atoms with E-state index in [4.69, 9.17) is 15.0 Å². The summed E-state index contributed by atoms with van der Waals surface area (Å²) < 4.78 is 0. The molecule has 0 fully saturated rings. The molecule has 9 heteroatoms. The predicted molar refractivity (Wildman–Crippen MR) is 100 cm³/mol. The molecular weight excluding hydrogens is 368 g/mol. The SMILES string of the molecule is O=C(O)C1=CCCN(Cc2ccc3c(c2)Nc2nccnc2S3)C1.O=CO. The molecule has 1 aromatic carbocycles. The number of carboxylic acids is 1. The zero-order valence-electron chi connectivity index (χ0n) is 14.3. The van der Waals surface area contributed by atoms with Crippen molar-refractivity contribution in [2.75, 3.05) is 18.4 Å². The third-order valence-corrected chi connectivity index (χ3v) is 5.15. The Balaban J connectivity index is 0.000000659. The molecule has 8 nitrogen and oxygen atoms in total. The maximum absolute atomic E-state index is 11.1. The number of carboxylic acid groups (broad SMARTS) is 2. The first-order valence-electron chi connectivity index (χ1n) is 8.22. The van der Waals surface area contributed by atoms with Gasteiger partial charge in [0.1, 0.15) is 5.03 Å². The molecule has 0 amide bonds. The van der Waals surface area contributed by atoms with Crippen LogP contribution in [-0.2, 0) is 16.1 Å². The second-order valence-corrected chi connectivity index (χ2v) is 6.94. The summed E-state index contributed by atoms with van der Waals surface area (Å²) in [5.41, 5.74) is 2.66. The van der Waals surface area contributed by atoms with Gasteiger partial charge in [-0.1, -0.05) is 23.9 Å². The molecule has 1 aromatic heterocycles. The van der Waals surface area contributed by atoms with Gasteiger partial charge in [0, 0.05) is 42.5 Å². The molecule has 0 saturated heterocycles. The van der Waals surface area contributed by atoms with Gasteiger partial charge in [0.05, 0.1) is 5.69 Å². The molecule has 4 rings (SSSR count). The molecule has 0 radical (unpaired) electrons. The molecule has 27 heavy (non-hydrogen) atoms. The van der Waals surface area contributed by atoms with Crippen molar-refractivity contribution in [1.82, 2.24) is 14.9 Å². The van der Waals surface area contributed by atoms with Gasteiger partial charge in [-0.25, -0.2) is 14.8 Å². The monoisotopic (exact) mass is 386 g/mol. The topological polar surface area (TPSA) is 116 Å². The lowest BCUT2D eigenvalue weighted by atomic mass is 10.1. The summed E-state index contributed by atoms with van der Waals surface area (Å²) in [6.07, 6.45) is 5.97. The zero-order valence-corrected chi connectivity index (χ0v) is 15.1. The van der Waals surface area contributed by atoms with Crippen LogP contribution in [0.2, 0.25) is 0 Å². The second-order valence-electron chi connectivity index (χ2n) is 5.91. The van der Waals surface area contributed by atoms with Crippen LogP contribution in [0.25, 0.3) is 0 Å². The van der Waals surface area contributed by atoms with Gasteiger partial charge in [-0.05, 0) is 24.1 Å². The van der Waals surface area contributed by atoms with E-state index in [1.165, 1.54) is 0 Å². The van der Waals surface area contributed by atoms with Crippen molar-refractivity contribution in [3.8, 4) is 0 Å². The molecular formula is C18H18N4O4S. The molecule has 140 valence electrons. The van der Waals surface area contributed by atoms with Crippen LogP contribution in [0.5, 0.6) is 0 Å². The largest absolute Gasteiger partial charge is 0.483 e. The quantitative estimate of drug-likeness (QED) is 0.584. The van der Waals surface area contributed by atoms with E-state index in [1.807, 2.05) is 6.08 Å². The van der Waals surface area contributed by atoms with Gasteiger partial charge >= 0.3 is 5.97 Å². The van der Waals surface area contributed by atoms with Crippen LogP contribution >= 0.6 is 11.8 Å². The van der Waals surface area contributed by atoms with Crippen molar-refractivity contribution in [2.24, 2.45) is 0 Å². The van der Waals surface area contributed by atoms with Gasteiger partial charge in [-0.15, -0.1) is 0 Å². The number of anilines is 2. The van der Waals surface area contributed by atoms with Crippen molar-refractivity contribution < 1.29 is 19.8 Å². The number of hydrogen-bond acceptors (Lipinski definition) is 7. The first-order valence-corrected chi connectivity index (χ1v) is 9.03. The van der Waals surface area contributed by atoms with E-state index in [0.717, 1.165) is 46.5 Å². The van der Waals surface area contributed by atoms with E-state index in [2.05, 4.69) is 38.4 Å². The van der Waals surface area contributed by atoms with E-state index < -0.39 is 5.97 Å². The van der Waals surface area contributed by atoms with Crippen LogP contribution in [0, 0.1) is 0 Å². The van der Waals surface area contributed by atoms with Gasteiger partial charge in [0.15, 0.2) is 5.82 Å². The fourth-order valence-electron chi connectivity index (χ4n) is 2.93. The van der Waals surface area contributed by atoms with Crippen LogP contribution in [0.4, 0.5) is 11.5 Å². The first-order chi connectivity index (χ1) is 13.1. The summed E-state index contributed by atoms with van der Waals surface area (Å²) in [6, 6.07) is 6.28. The standard InChI is InChI=1S/C17H16N4O2S.CH2O2/c22-17(23)12-2-1-7-21(10-12)9-11-3-4-14-13(8-11)20-15-16(24-14)19-6-5-18-15;2-1-3/h2-6,8H,1,7,9-10H2,(H,18,20)(H,22,23);1H,(H,2,3). The highest BCUT2D eigenvalue weighted by molar-refractivity contribution is 7.99. The molecule has 3 N–H and O–H groups in total. The lowest BCUT2D eigenvalue weighted by Gasteiger charge is -2.26. The first kappa shape index (κ1) is 18.9. The molecule has 0 saturated carbocycles. The van der Waals surface area contributed by atoms with Crippen LogP contribution in [-0.4, -0.2) is 50.6 Å². The Morgan fingerprint density at radius 1 is 1.33 bits per heavy atom. The van der Waals surface area contributed by atoms with E-state index in [-0.39, 0.29) is 6.47 Å². The highest BCUT2D eigenvalue weighted by atomic mass is 32.2. The van der Waals surface area contributed by atoms with Crippen LogP contribution in [0.1, 0.15) is 12.0 Å². The van der Waals surface area contributed by atoms with Crippen LogP contribution in [0.3, 0.4) is 0 Å². The molecule has 0 unspecified atom stereocenters. The van der Waals surface area contributed by atoms with Gasteiger partial charge in [-0.2, -0.15) is 0 Å². The highest BCUT2D eigenvalue weighted by Gasteiger charge is 2.20. The number of aromatic nitrogens is 2. The van der Waals surface area contributed by atoms with Crippen molar-refractivity contribution in [3.05, 3.63) is 47.8 Å². The lowest BCUT2D eigenvalue weighted by molar-refractivity contribution is -0.133. The number of carbonyl (C=O) groups is 2. The van der Waals surface area contributed by atoms with Gasteiger partial charge in [-0.3, -0.25) is 9.69 Å². The second kappa shape index (κ2) is 8.65. The third kappa shape index (κ3) is 4.63. The molecule has 3 heterocycles. The highest BCUT2D eigenvalue weighted by Crippen LogP contribution is 2.42. The van der Waals surface area contributed by atoms with Gasteiger partial charge in [0.25, 0.3) is 6.47 Å². The average Bonchev–Trinajstić information content (AvgIpc) is 2.67. The Bertz CT molecular complexity index is 887. The maximum atomic E-state index is 11.1. The maximum Gasteiger partial charge on any atom is 0.332 e. The smallest absolute Gasteiger partial charge is 0.332 e. The number of fused-ring (bicyclic) bond motifs is 2. The number of nitrogens with one attached hydrogen (secondary N) is 1. The number of benzene rings is 1. The summed E-state index contributed by atoms with van der Waals surface area (Å²) in [6.45, 7) is 1.85. The fourth-order valence-corrected chi connectivity index (χ4v) is 3.81. The van der Waals surface area contributed by atoms with Crippen molar-refractivity contribution in [3.63, 3.8) is 0 Å². The Hall–Kier alpha value is -2.91. The minimum Gasteiger partial charge on any atom is -0.483 e. The Morgan fingerprint density at radius 3 is 2.89 bits per heavy atom. The van der Waals surface area contributed by atoms with Crippen molar-refractivity contribution in [1.29, 1.82) is 0 Å². The lowest BCUT2D eigenvalue weighted by Crippen LogP contribution is -2.31. The molecule has 0 aliphatic carbocycles. The van der Waals surface area contributed by atoms with E-state index in [9.17, 15) is 4.79 Å². The Labute approximate surface area is 159 Å². The van der Waals surface area contributed by atoms with E-state index in [0.29, 0.717) is 12.1 Å².